The molecule has 2 atom stereocenters. The summed E-state index contributed by atoms with van der Waals surface area (Å²) in [7, 11) is -4.09. The number of carbonyl (C=O) groups is 1. The number of benzene rings is 1. The summed E-state index contributed by atoms with van der Waals surface area (Å²) in [6.07, 6.45) is 0.582. The maximum absolute atomic E-state index is 13.5. The normalized spacial score (nSPS) is 14.5. The summed E-state index contributed by atoms with van der Waals surface area (Å²) in [5, 5.41) is 2.56. The summed E-state index contributed by atoms with van der Waals surface area (Å²) < 4.78 is 39.6. The van der Waals surface area contributed by atoms with Gasteiger partial charge in [0.05, 0.1) is 6.04 Å². The molecule has 0 spiro atoms. The Labute approximate surface area is 124 Å². The smallest absolute Gasteiger partial charge is 0.244 e. The highest BCUT2D eigenvalue weighted by molar-refractivity contribution is 7.89. The van der Waals surface area contributed by atoms with Crippen LogP contribution in [0.15, 0.2) is 29.2 Å². The number of nitrogens with one attached hydrogen (secondary N) is 2. The van der Waals surface area contributed by atoms with E-state index in [1.807, 2.05) is 0 Å². The number of nitrogens with two attached hydrogens (primary N) is 1. The van der Waals surface area contributed by atoms with E-state index >= 15 is 0 Å². The van der Waals surface area contributed by atoms with Crippen molar-refractivity contribution in [2.75, 3.05) is 6.54 Å². The summed E-state index contributed by atoms with van der Waals surface area (Å²) in [4.78, 5) is 11.3. The summed E-state index contributed by atoms with van der Waals surface area (Å²) in [6, 6.07) is 3.91. The fourth-order valence-corrected chi connectivity index (χ4v) is 2.87. The van der Waals surface area contributed by atoms with Crippen molar-refractivity contribution in [1.82, 2.24) is 10.0 Å². The molecule has 4 N–H and O–H groups in total. The zero-order chi connectivity index (χ0) is 16.0. The third-order valence-electron chi connectivity index (χ3n) is 2.75. The number of amides is 1. The molecule has 1 amide bonds. The van der Waals surface area contributed by atoms with Crippen LogP contribution in [-0.4, -0.2) is 33.0 Å². The second-order valence-electron chi connectivity index (χ2n) is 4.83. The lowest BCUT2D eigenvalue weighted by Crippen LogP contribution is -2.45. The minimum Gasteiger partial charge on any atom is -0.355 e. The lowest BCUT2D eigenvalue weighted by atomic mass is 10.2. The Hall–Kier alpha value is -1.51. The molecule has 0 aliphatic carbocycles. The Kier molecular flexibility index (Phi) is 6.25. The van der Waals surface area contributed by atoms with E-state index in [2.05, 4.69) is 10.0 Å². The average molecular weight is 317 g/mol. The minimum atomic E-state index is -4.09. The maximum Gasteiger partial charge on any atom is 0.244 e. The summed E-state index contributed by atoms with van der Waals surface area (Å²) in [5.74, 6) is -1.36. The van der Waals surface area contributed by atoms with Crippen LogP contribution in [0.4, 0.5) is 4.39 Å². The number of hydrogen-bond donors (Lipinski definition) is 3. The molecular formula is C13H20FN3O3S. The molecule has 118 valence electrons. The molecule has 0 aliphatic heterocycles. The van der Waals surface area contributed by atoms with Crippen molar-refractivity contribution >= 4 is 15.9 Å². The fourth-order valence-electron chi connectivity index (χ4n) is 1.59. The molecule has 2 unspecified atom stereocenters. The largest absolute Gasteiger partial charge is 0.355 e. The van der Waals surface area contributed by atoms with Crippen molar-refractivity contribution in [2.45, 2.75) is 37.2 Å². The first-order valence-corrected chi connectivity index (χ1v) is 8.02. The highest BCUT2D eigenvalue weighted by atomic mass is 32.2. The van der Waals surface area contributed by atoms with Crippen molar-refractivity contribution in [3.05, 3.63) is 30.1 Å². The number of rotatable bonds is 7. The molecule has 1 aromatic rings. The molecule has 21 heavy (non-hydrogen) atoms. The van der Waals surface area contributed by atoms with Gasteiger partial charge in [0.15, 0.2) is 0 Å². The Morgan fingerprint density at radius 3 is 2.52 bits per heavy atom. The first-order chi connectivity index (χ1) is 9.74. The zero-order valence-corrected chi connectivity index (χ0v) is 12.8. The van der Waals surface area contributed by atoms with E-state index in [9.17, 15) is 17.6 Å². The molecular weight excluding hydrogens is 297 g/mol. The molecule has 0 heterocycles. The van der Waals surface area contributed by atoms with Crippen molar-refractivity contribution < 1.29 is 17.6 Å². The van der Waals surface area contributed by atoms with Gasteiger partial charge in [0.25, 0.3) is 0 Å². The van der Waals surface area contributed by atoms with Crippen molar-refractivity contribution in [3.63, 3.8) is 0 Å². The van der Waals surface area contributed by atoms with E-state index in [1.165, 1.54) is 19.1 Å². The first kappa shape index (κ1) is 17.5. The quantitative estimate of drug-likeness (QED) is 0.675. The maximum atomic E-state index is 13.5. The van der Waals surface area contributed by atoms with Gasteiger partial charge in [0, 0.05) is 12.6 Å². The molecule has 0 radical (unpaired) electrons. The van der Waals surface area contributed by atoms with E-state index < -0.39 is 32.7 Å². The molecule has 0 aromatic heterocycles. The standard InChI is InChI=1S/C13H20FN3O3S/c1-9(15)7-8-16-13(18)10(2)17-21(19,20)12-6-4-3-5-11(12)14/h3-6,9-10,17H,7-8,15H2,1-2H3,(H,16,18). The van der Waals surface area contributed by atoms with Gasteiger partial charge in [-0.25, -0.2) is 12.8 Å². The van der Waals surface area contributed by atoms with Gasteiger partial charge in [-0.1, -0.05) is 12.1 Å². The average Bonchev–Trinajstić information content (AvgIpc) is 2.37. The third kappa shape index (κ3) is 5.41. The Bertz CT molecular complexity index is 590. The Morgan fingerprint density at radius 1 is 1.33 bits per heavy atom. The van der Waals surface area contributed by atoms with Crippen LogP contribution in [0, 0.1) is 5.82 Å². The summed E-state index contributed by atoms with van der Waals surface area (Å²) in [6.45, 7) is 3.54. The van der Waals surface area contributed by atoms with E-state index in [0.29, 0.717) is 13.0 Å². The SMILES string of the molecule is CC(N)CCNC(=O)C(C)NS(=O)(=O)c1ccccc1F. The lowest BCUT2D eigenvalue weighted by molar-refractivity contribution is -0.122. The zero-order valence-electron chi connectivity index (χ0n) is 12.0. The molecule has 0 aliphatic rings. The number of hydrogen-bond acceptors (Lipinski definition) is 4. The van der Waals surface area contributed by atoms with Crippen molar-refractivity contribution in [2.24, 2.45) is 5.73 Å². The molecule has 0 saturated carbocycles. The summed E-state index contributed by atoms with van der Waals surface area (Å²) >= 11 is 0. The topological polar surface area (TPSA) is 101 Å². The van der Waals surface area contributed by atoms with Gasteiger partial charge in [-0.3, -0.25) is 4.79 Å². The lowest BCUT2D eigenvalue weighted by Gasteiger charge is -2.15. The highest BCUT2D eigenvalue weighted by Crippen LogP contribution is 2.13. The number of halogens is 1. The van der Waals surface area contributed by atoms with Crippen LogP contribution in [0.3, 0.4) is 0 Å². The van der Waals surface area contributed by atoms with Crippen LogP contribution in [0.2, 0.25) is 0 Å². The molecule has 0 fully saturated rings. The van der Waals surface area contributed by atoms with Gasteiger partial charge in [-0.2, -0.15) is 4.72 Å². The molecule has 1 aromatic carbocycles. The van der Waals surface area contributed by atoms with Gasteiger partial charge in [-0.05, 0) is 32.4 Å². The van der Waals surface area contributed by atoms with Gasteiger partial charge in [0.1, 0.15) is 10.7 Å². The van der Waals surface area contributed by atoms with Gasteiger partial charge in [-0.15, -0.1) is 0 Å². The van der Waals surface area contributed by atoms with E-state index in [4.69, 9.17) is 5.73 Å². The molecule has 0 bridgehead atoms. The predicted molar refractivity (Wildman–Crippen MR) is 77.5 cm³/mol. The molecule has 0 saturated heterocycles. The number of carbonyl (C=O) groups excluding carboxylic acids is 1. The molecule has 6 nitrogen and oxygen atoms in total. The van der Waals surface area contributed by atoms with Crippen LogP contribution >= 0.6 is 0 Å². The van der Waals surface area contributed by atoms with Crippen LogP contribution in [0.5, 0.6) is 0 Å². The first-order valence-electron chi connectivity index (χ1n) is 6.54. The monoisotopic (exact) mass is 317 g/mol. The Morgan fingerprint density at radius 2 is 1.95 bits per heavy atom. The van der Waals surface area contributed by atoms with E-state index in [1.54, 1.807) is 6.92 Å². The van der Waals surface area contributed by atoms with Crippen LogP contribution in [0.1, 0.15) is 20.3 Å². The van der Waals surface area contributed by atoms with Crippen LogP contribution in [-0.2, 0) is 14.8 Å². The summed E-state index contributed by atoms with van der Waals surface area (Å²) in [5.41, 5.74) is 5.54. The van der Waals surface area contributed by atoms with Gasteiger partial charge >= 0.3 is 0 Å². The van der Waals surface area contributed by atoms with Gasteiger partial charge in [0.2, 0.25) is 15.9 Å². The van der Waals surface area contributed by atoms with Crippen molar-refractivity contribution in [1.29, 1.82) is 0 Å². The highest BCUT2D eigenvalue weighted by Gasteiger charge is 2.24. The van der Waals surface area contributed by atoms with Crippen LogP contribution < -0.4 is 15.8 Å². The number of sulfonamides is 1. The second kappa shape index (κ2) is 7.48. The Balaban J connectivity index is 2.67. The molecule has 1 rings (SSSR count). The molecule has 8 heteroatoms. The van der Waals surface area contributed by atoms with E-state index in [0.717, 1.165) is 12.1 Å². The van der Waals surface area contributed by atoms with Crippen molar-refractivity contribution in [3.8, 4) is 0 Å². The third-order valence-corrected chi connectivity index (χ3v) is 4.32. The minimum absolute atomic E-state index is 0.0595. The predicted octanol–water partition coefficient (Wildman–Crippen LogP) is 0.346. The second-order valence-corrected chi connectivity index (χ2v) is 6.51. The van der Waals surface area contributed by atoms with E-state index in [-0.39, 0.29) is 6.04 Å². The fraction of sp³-hybridized carbons (Fsp3) is 0.462. The van der Waals surface area contributed by atoms with Crippen LogP contribution in [0.25, 0.3) is 0 Å². The van der Waals surface area contributed by atoms with Gasteiger partial charge < -0.3 is 11.1 Å².